The van der Waals surface area contributed by atoms with Gasteiger partial charge in [-0.2, -0.15) is 0 Å². The molecule has 5 nitrogen and oxygen atoms in total. The topological polar surface area (TPSA) is 39.4 Å². The molecule has 0 amide bonds. The van der Waals surface area contributed by atoms with E-state index in [4.69, 9.17) is 4.74 Å². The number of ether oxygens (including phenoxy) is 1. The lowest BCUT2D eigenvalue weighted by Gasteiger charge is -2.17. The van der Waals surface area contributed by atoms with Crippen molar-refractivity contribution in [2.75, 3.05) is 19.6 Å². The van der Waals surface area contributed by atoms with E-state index in [2.05, 4.69) is 41.6 Å². The van der Waals surface area contributed by atoms with E-state index in [-0.39, 0.29) is 18.0 Å². The van der Waals surface area contributed by atoms with Crippen LogP contribution in [0, 0.1) is 0 Å². The first-order valence-corrected chi connectivity index (χ1v) is 11.4. The normalized spacial score (nSPS) is 13.9. The highest BCUT2D eigenvalue weighted by molar-refractivity contribution is 5.87. The first kappa shape index (κ1) is 23.1. The van der Waals surface area contributed by atoms with Crippen molar-refractivity contribution in [3.05, 3.63) is 94.0 Å². The molecule has 0 saturated carbocycles. The molecular weight excluding hydrogens is 434 g/mol. The van der Waals surface area contributed by atoms with Crippen LogP contribution in [0.3, 0.4) is 0 Å². The standard InChI is InChI=1S/C27H29N3O2.ClH/c1-3-29-14-12-24-23-10-9-21(17-26(23)28(2)25(24)13-15-29)30-16-11-22(18-27(30)31)32-19-20-7-5-4-6-8-20;/h4-11,16-18H,3,12-15,19H2,1-2H3;1H. The molecule has 0 spiro atoms. The maximum atomic E-state index is 12.9. The summed E-state index contributed by atoms with van der Waals surface area (Å²) < 4.78 is 9.82. The molecule has 2 aromatic carbocycles. The van der Waals surface area contributed by atoms with Crippen LogP contribution in [0.2, 0.25) is 0 Å². The van der Waals surface area contributed by atoms with E-state index < -0.39 is 0 Å². The Balaban J connectivity index is 0.00000259. The summed E-state index contributed by atoms with van der Waals surface area (Å²) in [5.41, 5.74) is 5.93. The molecule has 0 aliphatic carbocycles. The summed E-state index contributed by atoms with van der Waals surface area (Å²) >= 11 is 0. The predicted octanol–water partition coefficient (Wildman–Crippen LogP) is 4.75. The number of hydrogen-bond donors (Lipinski definition) is 0. The molecule has 0 unspecified atom stereocenters. The van der Waals surface area contributed by atoms with E-state index in [1.807, 2.05) is 36.4 Å². The second-order valence-corrected chi connectivity index (χ2v) is 8.46. The van der Waals surface area contributed by atoms with Crippen molar-refractivity contribution in [2.45, 2.75) is 26.4 Å². The van der Waals surface area contributed by atoms with Crippen molar-refractivity contribution in [3.8, 4) is 11.4 Å². The molecule has 0 N–H and O–H groups in total. The maximum absolute atomic E-state index is 12.9. The SMILES string of the molecule is CCN1CCc2c(n(C)c3cc(-n4ccc(OCc5ccccc5)cc4=O)ccc23)CC1.Cl. The van der Waals surface area contributed by atoms with Crippen molar-refractivity contribution >= 4 is 23.3 Å². The summed E-state index contributed by atoms with van der Waals surface area (Å²) in [6.07, 6.45) is 3.95. The van der Waals surface area contributed by atoms with Gasteiger partial charge < -0.3 is 14.2 Å². The lowest BCUT2D eigenvalue weighted by molar-refractivity contribution is 0.302. The Hall–Kier alpha value is -3.02. The fraction of sp³-hybridized carbons (Fsp3) is 0.296. The van der Waals surface area contributed by atoms with Crippen molar-refractivity contribution in [1.82, 2.24) is 14.0 Å². The molecule has 0 atom stereocenters. The van der Waals surface area contributed by atoms with E-state index in [0.717, 1.165) is 43.7 Å². The maximum Gasteiger partial charge on any atom is 0.258 e. The first-order valence-electron chi connectivity index (χ1n) is 11.4. The van der Waals surface area contributed by atoms with E-state index >= 15 is 0 Å². The number of likely N-dealkylation sites (N-methyl/N-ethyl adjacent to an activating group) is 1. The van der Waals surface area contributed by atoms with E-state index in [0.29, 0.717) is 12.4 Å². The number of halogens is 1. The lowest BCUT2D eigenvalue weighted by Crippen LogP contribution is -2.26. The average molecular weight is 464 g/mol. The highest BCUT2D eigenvalue weighted by atomic mass is 35.5. The van der Waals surface area contributed by atoms with Crippen molar-refractivity contribution in [2.24, 2.45) is 7.05 Å². The molecule has 1 aliphatic heterocycles. The molecule has 0 saturated heterocycles. The van der Waals surface area contributed by atoms with Gasteiger partial charge >= 0.3 is 0 Å². The van der Waals surface area contributed by atoms with Gasteiger partial charge in [0.25, 0.3) is 5.56 Å². The van der Waals surface area contributed by atoms with E-state index in [1.54, 1.807) is 16.8 Å². The van der Waals surface area contributed by atoms with Crippen LogP contribution in [-0.2, 0) is 26.5 Å². The van der Waals surface area contributed by atoms with Gasteiger partial charge in [-0.25, -0.2) is 0 Å². The van der Waals surface area contributed by atoms with Gasteiger partial charge in [0.1, 0.15) is 12.4 Å². The van der Waals surface area contributed by atoms with Gasteiger partial charge in [-0.1, -0.05) is 43.3 Å². The third-order valence-corrected chi connectivity index (χ3v) is 6.63. The van der Waals surface area contributed by atoms with Crippen molar-refractivity contribution in [3.63, 3.8) is 0 Å². The molecular formula is C27H30ClN3O2. The number of rotatable bonds is 5. The average Bonchev–Trinajstić information content (AvgIpc) is 2.96. The zero-order valence-corrected chi connectivity index (χ0v) is 20.0. The summed E-state index contributed by atoms with van der Waals surface area (Å²) in [7, 11) is 2.15. The van der Waals surface area contributed by atoms with Gasteiger partial charge in [0.05, 0.1) is 11.2 Å². The summed E-state index contributed by atoms with van der Waals surface area (Å²) in [6.45, 7) is 5.99. The van der Waals surface area contributed by atoms with Crippen LogP contribution in [0.1, 0.15) is 23.7 Å². The van der Waals surface area contributed by atoms with E-state index in [1.165, 1.54) is 22.2 Å². The fourth-order valence-electron chi connectivity index (χ4n) is 4.77. The Kier molecular flexibility index (Phi) is 6.91. The molecule has 5 rings (SSSR count). The third-order valence-electron chi connectivity index (χ3n) is 6.63. The van der Waals surface area contributed by atoms with Crippen LogP contribution in [0.15, 0.2) is 71.7 Å². The van der Waals surface area contributed by atoms with Gasteiger partial charge in [-0.05, 0) is 42.3 Å². The summed E-state index contributed by atoms with van der Waals surface area (Å²) in [6, 6.07) is 19.7. The number of nitrogens with zero attached hydrogens (tertiary/aromatic N) is 3. The number of fused-ring (bicyclic) bond motifs is 3. The van der Waals surface area contributed by atoms with Gasteiger partial charge in [-0.3, -0.25) is 9.36 Å². The Labute approximate surface area is 200 Å². The van der Waals surface area contributed by atoms with Crippen LogP contribution in [0.5, 0.6) is 5.75 Å². The Morgan fingerprint density at radius 1 is 0.970 bits per heavy atom. The number of hydrogen-bond acceptors (Lipinski definition) is 3. The molecule has 0 bridgehead atoms. The number of aromatic nitrogens is 2. The second-order valence-electron chi connectivity index (χ2n) is 8.46. The monoisotopic (exact) mass is 463 g/mol. The van der Waals surface area contributed by atoms with Gasteiger partial charge in [0.2, 0.25) is 0 Å². The van der Waals surface area contributed by atoms with Gasteiger partial charge in [0.15, 0.2) is 0 Å². The Bertz CT molecular complexity index is 1310. The minimum atomic E-state index is -0.0933. The zero-order valence-electron chi connectivity index (χ0n) is 19.2. The van der Waals surface area contributed by atoms with E-state index in [9.17, 15) is 4.79 Å². The summed E-state index contributed by atoms with van der Waals surface area (Å²) in [5, 5.41) is 1.31. The molecule has 6 heteroatoms. The highest BCUT2D eigenvalue weighted by Crippen LogP contribution is 2.30. The molecule has 3 heterocycles. The molecule has 0 fully saturated rings. The number of pyridine rings is 1. The Morgan fingerprint density at radius 3 is 2.52 bits per heavy atom. The smallest absolute Gasteiger partial charge is 0.258 e. The summed E-state index contributed by atoms with van der Waals surface area (Å²) in [4.78, 5) is 15.4. The molecule has 4 aromatic rings. The quantitative estimate of drug-likeness (QED) is 0.428. The second kappa shape index (κ2) is 9.86. The molecule has 172 valence electrons. The Morgan fingerprint density at radius 2 is 1.76 bits per heavy atom. The molecule has 0 radical (unpaired) electrons. The predicted molar refractivity (Wildman–Crippen MR) is 136 cm³/mol. The molecule has 33 heavy (non-hydrogen) atoms. The molecule has 2 aromatic heterocycles. The fourth-order valence-corrected chi connectivity index (χ4v) is 4.77. The number of benzene rings is 2. The van der Waals surface area contributed by atoms with Crippen molar-refractivity contribution in [1.29, 1.82) is 0 Å². The molecule has 1 aliphatic rings. The third kappa shape index (κ3) is 4.56. The summed E-state index contributed by atoms with van der Waals surface area (Å²) in [5.74, 6) is 0.585. The highest BCUT2D eigenvalue weighted by Gasteiger charge is 2.20. The van der Waals surface area contributed by atoms with Crippen LogP contribution < -0.4 is 10.3 Å². The van der Waals surface area contributed by atoms with Gasteiger partial charge in [-0.15, -0.1) is 12.4 Å². The van der Waals surface area contributed by atoms with Crippen molar-refractivity contribution < 1.29 is 4.74 Å². The number of aryl methyl sites for hydroxylation is 1. The minimum absolute atomic E-state index is 0. The van der Waals surface area contributed by atoms with Crippen LogP contribution in [-0.4, -0.2) is 33.7 Å². The van der Waals surface area contributed by atoms with Gasteiger partial charge in [0, 0.05) is 49.9 Å². The first-order chi connectivity index (χ1) is 15.6. The van der Waals surface area contributed by atoms with Crippen LogP contribution in [0.4, 0.5) is 0 Å². The van der Waals surface area contributed by atoms with Crippen LogP contribution in [0.25, 0.3) is 16.6 Å². The minimum Gasteiger partial charge on any atom is -0.489 e. The van der Waals surface area contributed by atoms with Crippen LogP contribution >= 0.6 is 12.4 Å². The lowest BCUT2D eigenvalue weighted by atomic mass is 10.1. The zero-order chi connectivity index (χ0) is 22.1. The largest absolute Gasteiger partial charge is 0.489 e.